The summed E-state index contributed by atoms with van der Waals surface area (Å²) in [4.78, 5) is 1.81. The van der Waals surface area contributed by atoms with Crippen LogP contribution in [0.3, 0.4) is 0 Å². The molecule has 0 saturated carbocycles. The van der Waals surface area contributed by atoms with Gasteiger partial charge >= 0.3 is 0 Å². The summed E-state index contributed by atoms with van der Waals surface area (Å²) in [6, 6.07) is 7.98. The molecule has 0 unspecified atom stereocenters. The van der Waals surface area contributed by atoms with Gasteiger partial charge in [0.05, 0.1) is 6.54 Å². The second-order valence-electron chi connectivity index (χ2n) is 3.49. The number of benzene rings is 1. The lowest BCUT2D eigenvalue weighted by atomic mass is 10.2. The third-order valence-corrected chi connectivity index (χ3v) is 2.29. The van der Waals surface area contributed by atoms with E-state index >= 15 is 0 Å². The number of hydrogen-bond acceptors (Lipinski definition) is 2. The molecular formula is C11H15N3. The van der Waals surface area contributed by atoms with E-state index in [9.17, 15) is 0 Å². The van der Waals surface area contributed by atoms with Crippen LogP contribution in [0.2, 0.25) is 0 Å². The van der Waals surface area contributed by atoms with Crippen molar-refractivity contribution in [2.24, 2.45) is 0 Å². The van der Waals surface area contributed by atoms with Crippen LogP contribution in [0.4, 0.5) is 0 Å². The molecular weight excluding hydrogens is 174 g/mol. The van der Waals surface area contributed by atoms with E-state index in [0.29, 0.717) is 0 Å². The fourth-order valence-corrected chi connectivity index (χ4v) is 1.51. The van der Waals surface area contributed by atoms with E-state index in [1.165, 1.54) is 12.8 Å². The molecule has 0 aliphatic heterocycles. The number of unbranched alkanes of at least 4 members (excludes halogenated alkanes) is 2. The Morgan fingerprint density at radius 1 is 1.07 bits per heavy atom. The molecule has 0 atom stereocenters. The standard InChI is InChI=1S/C11H15N3/c1-2-3-6-9-14-12-10-7-4-5-8-11(10)13-14/h4-5,7-8H,2-3,6,9H2,1H3. The van der Waals surface area contributed by atoms with E-state index in [1.807, 2.05) is 24.3 Å². The third-order valence-electron chi connectivity index (χ3n) is 2.29. The summed E-state index contributed by atoms with van der Waals surface area (Å²) in [5.41, 5.74) is 1.98. The molecule has 0 N–H and O–H groups in total. The number of hydrogen-bond donors (Lipinski definition) is 0. The van der Waals surface area contributed by atoms with Gasteiger partial charge in [-0.2, -0.15) is 15.0 Å². The molecule has 1 aromatic heterocycles. The molecule has 0 aliphatic rings. The van der Waals surface area contributed by atoms with Gasteiger partial charge in [-0.3, -0.25) is 0 Å². The second kappa shape index (κ2) is 4.22. The van der Waals surface area contributed by atoms with Crippen molar-refractivity contribution in [3.8, 4) is 0 Å². The number of nitrogens with zero attached hydrogens (tertiary/aromatic N) is 3. The lowest BCUT2D eigenvalue weighted by Gasteiger charge is -1.96. The summed E-state index contributed by atoms with van der Waals surface area (Å²) in [6.07, 6.45) is 3.65. The van der Waals surface area contributed by atoms with Crippen LogP contribution >= 0.6 is 0 Å². The maximum absolute atomic E-state index is 4.39. The van der Waals surface area contributed by atoms with Crippen LogP contribution in [0.25, 0.3) is 11.0 Å². The Labute approximate surface area is 83.7 Å². The molecule has 3 nitrogen and oxygen atoms in total. The molecule has 0 bridgehead atoms. The van der Waals surface area contributed by atoms with Crippen molar-refractivity contribution in [3.05, 3.63) is 24.3 Å². The summed E-state index contributed by atoms with van der Waals surface area (Å²) in [6.45, 7) is 3.13. The number of fused-ring (bicyclic) bond motifs is 1. The van der Waals surface area contributed by atoms with E-state index < -0.39 is 0 Å². The molecule has 14 heavy (non-hydrogen) atoms. The average molecular weight is 189 g/mol. The minimum atomic E-state index is 0.933. The minimum Gasteiger partial charge on any atom is -0.184 e. The lowest BCUT2D eigenvalue weighted by Crippen LogP contribution is -2.01. The maximum Gasteiger partial charge on any atom is 0.113 e. The molecule has 1 aromatic carbocycles. The van der Waals surface area contributed by atoms with Crippen LogP contribution in [-0.2, 0) is 6.54 Å². The lowest BCUT2D eigenvalue weighted by molar-refractivity contribution is 0.502. The average Bonchev–Trinajstić information content (AvgIpc) is 2.60. The van der Waals surface area contributed by atoms with Gasteiger partial charge in [-0.15, -0.1) is 0 Å². The molecule has 74 valence electrons. The molecule has 0 fully saturated rings. The van der Waals surface area contributed by atoms with Gasteiger partial charge in [0.1, 0.15) is 11.0 Å². The molecule has 2 aromatic rings. The van der Waals surface area contributed by atoms with Crippen LogP contribution in [0, 0.1) is 0 Å². The summed E-state index contributed by atoms with van der Waals surface area (Å²) >= 11 is 0. The highest BCUT2D eigenvalue weighted by Gasteiger charge is 1.99. The van der Waals surface area contributed by atoms with Gasteiger partial charge in [0, 0.05) is 0 Å². The van der Waals surface area contributed by atoms with Crippen molar-refractivity contribution in [1.29, 1.82) is 0 Å². The molecule has 0 amide bonds. The first kappa shape index (κ1) is 9.19. The highest BCUT2D eigenvalue weighted by molar-refractivity contribution is 5.72. The highest BCUT2D eigenvalue weighted by atomic mass is 15.5. The fraction of sp³-hybridized carbons (Fsp3) is 0.455. The Morgan fingerprint density at radius 2 is 1.71 bits per heavy atom. The van der Waals surface area contributed by atoms with Gasteiger partial charge in [0.25, 0.3) is 0 Å². The van der Waals surface area contributed by atoms with E-state index in [4.69, 9.17) is 0 Å². The fourth-order valence-electron chi connectivity index (χ4n) is 1.51. The van der Waals surface area contributed by atoms with Gasteiger partial charge in [0.2, 0.25) is 0 Å². The van der Waals surface area contributed by atoms with Gasteiger partial charge in [-0.25, -0.2) is 0 Å². The summed E-state index contributed by atoms with van der Waals surface area (Å²) < 4.78 is 0. The summed E-state index contributed by atoms with van der Waals surface area (Å²) in [5.74, 6) is 0. The number of aromatic nitrogens is 3. The first-order chi connectivity index (χ1) is 6.90. The molecule has 0 saturated heterocycles. The smallest absolute Gasteiger partial charge is 0.113 e. The second-order valence-corrected chi connectivity index (χ2v) is 3.49. The normalized spacial score (nSPS) is 10.9. The zero-order valence-corrected chi connectivity index (χ0v) is 8.48. The quantitative estimate of drug-likeness (QED) is 0.692. The first-order valence-corrected chi connectivity index (χ1v) is 5.20. The third kappa shape index (κ3) is 1.92. The topological polar surface area (TPSA) is 30.7 Å². The van der Waals surface area contributed by atoms with Gasteiger partial charge < -0.3 is 0 Å². The molecule has 0 radical (unpaired) electrons. The largest absolute Gasteiger partial charge is 0.184 e. The Morgan fingerprint density at radius 3 is 2.29 bits per heavy atom. The SMILES string of the molecule is CCCCCn1nc2ccccc2n1. The minimum absolute atomic E-state index is 0.933. The van der Waals surface area contributed by atoms with Crippen LogP contribution in [-0.4, -0.2) is 15.0 Å². The van der Waals surface area contributed by atoms with E-state index in [0.717, 1.165) is 24.0 Å². The molecule has 0 spiro atoms. The first-order valence-electron chi connectivity index (χ1n) is 5.20. The van der Waals surface area contributed by atoms with Crippen molar-refractivity contribution in [3.63, 3.8) is 0 Å². The predicted octanol–water partition coefficient (Wildman–Crippen LogP) is 2.62. The number of rotatable bonds is 4. The van der Waals surface area contributed by atoms with Crippen LogP contribution in [0.5, 0.6) is 0 Å². The number of aryl methyl sites for hydroxylation is 1. The Kier molecular flexibility index (Phi) is 2.77. The van der Waals surface area contributed by atoms with E-state index in [1.54, 1.807) is 4.80 Å². The molecule has 0 aliphatic carbocycles. The van der Waals surface area contributed by atoms with Gasteiger partial charge in [-0.1, -0.05) is 31.9 Å². The zero-order valence-electron chi connectivity index (χ0n) is 8.48. The summed E-state index contributed by atoms with van der Waals surface area (Å²) in [5, 5.41) is 8.78. The van der Waals surface area contributed by atoms with Crippen molar-refractivity contribution in [2.75, 3.05) is 0 Å². The van der Waals surface area contributed by atoms with Crippen molar-refractivity contribution < 1.29 is 0 Å². The van der Waals surface area contributed by atoms with Crippen molar-refractivity contribution in [1.82, 2.24) is 15.0 Å². The summed E-state index contributed by atoms with van der Waals surface area (Å²) in [7, 11) is 0. The zero-order chi connectivity index (χ0) is 9.80. The van der Waals surface area contributed by atoms with Crippen LogP contribution in [0.15, 0.2) is 24.3 Å². The van der Waals surface area contributed by atoms with Gasteiger partial charge in [-0.05, 0) is 18.6 Å². The van der Waals surface area contributed by atoms with Crippen LogP contribution in [0.1, 0.15) is 26.2 Å². The Bertz CT molecular complexity index is 373. The molecule has 2 rings (SSSR count). The van der Waals surface area contributed by atoms with Crippen molar-refractivity contribution >= 4 is 11.0 Å². The highest BCUT2D eigenvalue weighted by Crippen LogP contribution is 2.07. The maximum atomic E-state index is 4.39. The Hall–Kier alpha value is -1.38. The van der Waals surface area contributed by atoms with Gasteiger partial charge in [0.15, 0.2) is 0 Å². The predicted molar refractivity (Wildman–Crippen MR) is 57.1 cm³/mol. The molecule has 1 heterocycles. The van der Waals surface area contributed by atoms with Crippen molar-refractivity contribution in [2.45, 2.75) is 32.7 Å². The van der Waals surface area contributed by atoms with Crippen LogP contribution < -0.4 is 0 Å². The Balaban J connectivity index is 2.11. The monoisotopic (exact) mass is 189 g/mol. The van der Waals surface area contributed by atoms with E-state index in [-0.39, 0.29) is 0 Å². The van der Waals surface area contributed by atoms with E-state index in [2.05, 4.69) is 17.1 Å². The molecule has 3 heteroatoms.